The maximum Gasteiger partial charge on any atom is 0.472 e. The molecule has 2 atom stereocenters. The Labute approximate surface area is 482 Å². The molecule has 0 aromatic heterocycles. The third-order valence-corrected chi connectivity index (χ3v) is 15.2. The van der Waals surface area contributed by atoms with Crippen LogP contribution < -0.4 is 0 Å². The third kappa shape index (κ3) is 62.6. The smallest absolute Gasteiger partial charge is 0.462 e. The second kappa shape index (κ2) is 59.1. The lowest BCUT2D eigenvalue weighted by molar-refractivity contribution is -0.870. The molecule has 0 amide bonds. The quantitative estimate of drug-likeness (QED) is 0.0211. The van der Waals surface area contributed by atoms with Crippen molar-refractivity contribution >= 4 is 19.8 Å². The second-order valence-corrected chi connectivity index (χ2v) is 24.6. The molecule has 10 heteroatoms. The molecule has 0 aliphatic carbocycles. The van der Waals surface area contributed by atoms with Gasteiger partial charge in [-0.05, 0) is 64.2 Å². The summed E-state index contributed by atoms with van der Waals surface area (Å²) in [5, 5.41) is 0. The van der Waals surface area contributed by atoms with Crippen LogP contribution in [-0.2, 0) is 32.7 Å². The van der Waals surface area contributed by atoms with Crippen LogP contribution in [0.3, 0.4) is 0 Å². The lowest BCUT2D eigenvalue weighted by atomic mass is 10.0. The zero-order valence-corrected chi connectivity index (χ0v) is 52.5. The van der Waals surface area contributed by atoms with E-state index < -0.39 is 26.5 Å². The molecule has 0 aliphatic heterocycles. The van der Waals surface area contributed by atoms with Crippen LogP contribution in [0.4, 0.5) is 0 Å². The topological polar surface area (TPSA) is 108 Å². The number of phosphoric acid groups is 1. The minimum Gasteiger partial charge on any atom is -0.462 e. The molecule has 0 bridgehead atoms. The number of hydrogen-bond donors (Lipinski definition) is 1. The number of hydrogen-bond acceptors (Lipinski definition) is 7. The van der Waals surface area contributed by atoms with Crippen LogP contribution in [0.15, 0.2) is 72.9 Å². The average molecular weight is 1120 g/mol. The maximum absolute atomic E-state index is 12.8. The molecule has 1 N–H and O–H groups in total. The lowest BCUT2D eigenvalue weighted by Gasteiger charge is -2.24. The first-order chi connectivity index (χ1) is 38.0. The van der Waals surface area contributed by atoms with Crippen molar-refractivity contribution in [2.45, 2.75) is 302 Å². The van der Waals surface area contributed by atoms with Gasteiger partial charge in [-0.25, -0.2) is 4.57 Å². The molecular formula is C68H125NO8P+. The van der Waals surface area contributed by atoms with Crippen molar-refractivity contribution in [1.29, 1.82) is 0 Å². The van der Waals surface area contributed by atoms with Crippen molar-refractivity contribution in [3.8, 4) is 0 Å². The minimum absolute atomic E-state index is 0.0336. The zero-order chi connectivity index (χ0) is 57.0. The van der Waals surface area contributed by atoms with Gasteiger partial charge >= 0.3 is 19.8 Å². The Morgan fingerprint density at radius 3 is 1.09 bits per heavy atom. The molecular weight excluding hydrogens is 990 g/mol. The molecule has 0 aromatic carbocycles. The fourth-order valence-electron chi connectivity index (χ4n) is 9.26. The van der Waals surface area contributed by atoms with E-state index in [9.17, 15) is 19.0 Å². The summed E-state index contributed by atoms with van der Waals surface area (Å²) in [7, 11) is 1.49. The molecule has 0 fully saturated rings. The number of esters is 2. The first-order valence-corrected chi connectivity index (χ1v) is 34.2. The SMILES string of the molecule is CC/C=C\C/C=C\C/C=C\C/C=C\C/C=C\C/C=C\CCCCCCCCCCCCCCCCCCCCCCCCC(=O)OC(COC(=O)CCCCCCCCCCCCCCC)COP(=O)(O)OCC[N+](C)(C)C. The summed E-state index contributed by atoms with van der Waals surface area (Å²) in [6, 6.07) is 0. The van der Waals surface area contributed by atoms with E-state index >= 15 is 0 Å². The highest BCUT2D eigenvalue weighted by Gasteiger charge is 2.27. The van der Waals surface area contributed by atoms with Crippen molar-refractivity contribution in [1.82, 2.24) is 0 Å². The van der Waals surface area contributed by atoms with Crippen molar-refractivity contribution in [3.63, 3.8) is 0 Å². The standard InChI is InChI=1S/C68H124NO8P/c1-6-8-10-12-14-16-18-20-21-22-23-24-25-26-27-28-29-30-31-32-33-34-35-36-37-38-39-40-41-42-43-44-45-46-47-49-51-53-55-57-59-61-68(71)77-66(65-76-78(72,73)75-63-62-69(3,4)5)64-74-67(70)60-58-56-54-52-50-48-19-17-15-13-11-9-7-2/h8,10,14,16,20-21,23-24,26-27,29-30,66H,6-7,9,11-13,15,17-19,22,25,28,31-65H2,1-5H3/p+1/b10-8-,16-14-,21-20-,24-23-,27-26-,30-29-. The zero-order valence-electron chi connectivity index (χ0n) is 51.6. The van der Waals surface area contributed by atoms with Gasteiger partial charge in [-0.1, -0.05) is 292 Å². The van der Waals surface area contributed by atoms with E-state index in [0.29, 0.717) is 23.9 Å². The predicted octanol–water partition coefficient (Wildman–Crippen LogP) is 20.8. The van der Waals surface area contributed by atoms with E-state index in [-0.39, 0.29) is 25.6 Å². The number of ether oxygens (including phenoxy) is 2. The summed E-state index contributed by atoms with van der Waals surface area (Å²) in [4.78, 5) is 35.7. The number of nitrogens with zero attached hydrogens (tertiary/aromatic N) is 1. The molecule has 454 valence electrons. The van der Waals surface area contributed by atoms with Gasteiger partial charge in [-0.3, -0.25) is 18.6 Å². The fourth-order valence-corrected chi connectivity index (χ4v) is 10.00. The molecule has 0 rings (SSSR count). The highest BCUT2D eigenvalue weighted by Crippen LogP contribution is 2.43. The number of carbonyl (C=O) groups excluding carboxylic acids is 2. The Bertz CT molecular complexity index is 1550. The highest BCUT2D eigenvalue weighted by molar-refractivity contribution is 7.47. The van der Waals surface area contributed by atoms with E-state index in [2.05, 4.69) is 86.8 Å². The second-order valence-electron chi connectivity index (χ2n) is 23.1. The molecule has 9 nitrogen and oxygen atoms in total. The van der Waals surface area contributed by atoms with Gasteiger partial charge in [0.15, 0.2) is 6.10 Å². The normalized spacial score (nSPS) is 13.7. The Morgan fingerprint density at radius 2 is 0.731 bits per heavy atom. The van der Waals surface area contributed by atoms with Gasteiger partial charge in [-0.2, -0.15) is 0 Å². The van der Waals surface area contributed by atoms with Crippen molar-refractivity contribution in [2.24, 2.45) is 0 Å². The number of unbranched alkanes of at least 4 members (excludes halogenated alkanes) is 34. The first kappa shape index (κ1) is 75.5. The van der Waals surface area contributed by atoms with Crippen LogP contribution in [0, 0.1) is 0 Å². The number of rotatable bonds is 60. The van der Waals surface area contributed by atoms with E-state index in [1.807, 2.05) is 21.1 Å². The van der Waals surface area contributed by atoms with Gasteiger partial charge in [0.2, 0.25) is 0 Å². The summed E-state index contributed by atoms with van der Waals surface area (Å²) >= 11 is 0. The van der Waals surface area contributed by atoms with E-state index in [4.69, 9.17) is 18.5 Å². The van der Waals surface area contributed by atoms with E-state index in [0.717, 1.165) is 70.6 Å². The molecule has 2 unspecified atom stereocenters. The Kier molecular flexibility index (Phi) is 57.2. The van der Waals surface area contributed by atoms with Crippen molar-refractivity contribution in [2.75, 3.05) is 47.5 Å². The van der Waals surface area contributed by atoms with Gasteiger partial charge in [0.1, 0.15) is 19.8 Å². The monoisotopic (exact) mass is 1110 g/mol. The molecule has 0 saturated carbocycles. The lowest BCUT2D eigenvalue weighted by Crippen LogP contribution is -2.37. The molecule has 78 heavy (non-hydrogen) atoms. The summed E-state index contributed by atoms with van der Waals surface area (Å²) < 4.78 is 34.6. The molecule has 0 heterocycles. The van der Waals surface area contributed by atoms with E-state index in [1.54, 1.807) is 0 Å². The maximum atomic E-state index is 12.8. The van der Waals surface area contributed by atoms with Crippen LogP contribution in [0.2, 0.25) is 0 Å². The number of likely N-dealkylation sites (N-methyl/N-ethyl adjacent to an activating group) is 1. The average Bonchev–Trinajstić information content (AvgIpc) is 3.40. The van der Waals surface area contributed by atoms with Crippen molar-refractivity contribution < 1.29 is 42.1 Å². The Morgan fingerprint density at radius 1 is 0.410 bits per heavy atom. The fraction of sp³-hybridized carbons (Fsp3) is 0.794. The van der Waals surface area contributed by atoms with Crippen molar-refractivity contribution in [3.05, 3.63) is 72.9 Å². The molecule has 0 saturated heterocycles. The van der Waals surface area contributed by atoms with Gasteiger partial charge in [0.05, 0.1) is 27.7 Å². The van der Waals surface area contributed by atoms with Crippen LogP contribution in [-0.4, -0.2) is 74.9 Å². The highest BCUT2D eigenvalue weighted by atomic mass is 31.2. The van der Waals surface area contributed by atoms with Crippen LogP contribution in [0.1, 0.15) is 296 Å². The van der Waals surface area contributed by atoms with Gasteiger partial charge < -0.3 is 18.9 Å². The summed E-state index contributed by atoms with van der Waals surface area (Å²) in [5.41, 5.74) is 0. The molecule has 0 aromatic rings. The van der Waals surface area contributed by atoms with Gasteiger partial charge in [0, 0.05) is 12.8 Å². The largest absolute Gasteiger partial charge is 0.472 e. The minimum atomic E-state index is -4.38. The molecule has 0 aliphatic rings. The number of carbonyl (C=O) groups is 2. The van der Waals surface area contributed by atoms with Crippen LogP contribution >= 0.6 is 7.82 Å². The summed E-state index contributed by atoms with van der Waals surface area (Å²) in [6.45, 7) is 4.35. The number of quaternary nitrogens is 1. The molecule has 0 radical (unpaired) electrons. The Balaban J connectivity index is 3.88. The number of phosphoric ester groups is 1. The summed E-state index contributed by atoms with van der Waals surface area (Å²) in [5.74, 6) is -0.783. The Hall–Kier alpha value is -2.55. The summed E-state index contributed by atoms with van der Waals surface area (Å²) in [6.07, 6.45) is 78.7. The van der Waals surface area contributed by atoms with Crippen LogP contribution in [0.25, 0.3) is 0 Å². The van der Waals surface area contributed by atoms with Gasteiger partial charge in [0.25, 0.3) is 0 Å². The van der Waals surface area contributed by atoms with Crippen LogP contribution in [0.5, 0.6) is 0 Å². The first-order valence-electron chi connectivity index (χ1n) is 32.7. The molecule has 0 spiro atoms. The van der Waals surface area contributed by atoms with E-state index in [1.165, 1.54) is 193 Å². The third-order valence-electron chi connectivity index (χ3n) is 14.3. The predicted molar refractivity (Wildman–Crippen MR) is 335 cm³/mol. The van der Waals surface area contributed by atoms with Gasteiger partial charge in [-0.15, -0.1) is 0 Å². The number of allylic oxidation sites excluding steroid dienone is 12.